The summed E-state index contributed by atoms with van der Waals surface area (Å²) in [5.41, 5.74) is 0.533. The standard InChI is InChI=1S/C12H15F3/c1-4-8(2)10-6-5-9(3)11(7-10)12(13,14)15/h5-8H,4H2,1-3H3. The molecule has 0 heterocycles. The second kappa shape index (κ2) is 4.25. The van der Waals surface area contributed by atoms with Gasteiger partial charge in [0.25, 0.3) is 0 Å². The van der Waals surface area contributed by atoms with Gasteiger partial charge in [-0.05, 0) is 36.5 Å². The molecule has 0 nitrogen and oxygen atoms in total. The van der Waals surface area contributed by atoms with E-state index in [1.807, 2.05) is 13.8 Å². The second-order valence-electron chi connectivity index (χ2n) is 3.88. The number of hydrogen-bond acceptors (Lipinski definition) is 0. The molecule has 0 N–H and O–H groups in total. The molecule has 0 amide bonds. The van der Waals surface area contributed by atoms with Gasteiger partial charge in [-0.25, -0.2) is 0 Å². The fourth-order valence-corrected chi connectivity index (χ4v) is 1.49. The quantitative estimate of drug-likeness (QED) is 0.681. The van der Waals surface area contributed by atoms with E-state index in [0.717, 1.165) is 12.0 Å². The molecule has 1 unspecified atom stereocenters. The number of rotatable bonds is 2. The van der Waals surface area contributed by atoms with Crippen LogP contribution in [0, 0.1) is 6.92 Å². The molecule has 0 saturated carbocycles. The van der Waals surface area contributed by atoms with Crippen LogP contribution in [0.25, 0.3) is 0 Å². The summed E-state index contributed by atoms with van der Waals surface area (Å²) < 4.78 is 37.8. The highest BCUT2D eigenvalue weighted by Crippen LogP contribution is 2.34. The lowest BCUT2D eigenvalue weighted by atomic mass is 9.94. The Morgan fingerprint density at radius 3 is 2.33 bits per heavy atom. The lowest BCUT2D eigenvalue weighted by Crippen LogP contribution is -2.08. The van der Waals surface area contributed by atoms with Crippen molar-refractivity contribution in [2.75, 3.05) is 0 Å². The Morgan fingerprint density at radius 1 is 1.27 bits per heavy atom. The Hall–Kier alpha value is -0.990. The van der Waals surface area contributed by atoms with E-state index in [0.29, 0.717) is 0 Å². The predicted molar refractivity (Wildman–Crippen MR) is 54.9 cm³/mol. The first kappa shape index (κ1) is 12.1. The number of hydrogen-bond donors (Lipinski definition) is 0. The topological polar surface area (TPSA) is 0 Å². The summed E-state index contributed by atoms with van der Waals surface area (Å²) in [7, 11) is 0. The zero-order valence-corrected chi connectivity index (χ0v) is 9.15. The van der Waals surface area contributed by atoms with Crippen LogP contribution in [0.5, 0.6) is 0 Å². The lowest BCUT2D eigenvalue weighted by Gasteiger charge is -2.15. The third-order valence-corrected chi connectivity index (χ3v) is 2.75. The minimum Gasteiger partial charge on any atom is -0.166 e. The Bertz CT molecular complexity index is 339. The molecule has 1 aromatic carbocycles. The molecule has 1 atom stereocenters. The SMILES string of the molecule is CCC(C)c1ccc(C)c(C(F)(F)F)c1. The third kappa shape index (κ3) is 2.74. The van der Waals surface area contributed by atoms with Gasteiger partial charge in [0.15, 0.2) is 0 Å². The zero-order chi connectivity index (χ0) is 11.6. The van der Waals surface area contributed by atoms with Crippen molar-refractivity contribution in [3.8, 4) is 0 Å². The summed E-state index contributed by atoms with van der Waals surface area (Å²) in [6.45, 7) is 5.39. The summed E-state index contributed by atoms with van der Waals surface area (Å²) in [6.07, 6.45) is -3.39. The molecule has 0 aliphatic rings. The largest absolute Gasteiger partial charge is 0.416 e. The van der Waals surface area contributed by atoms with Crippen LogP contribution in [-0.2, 0) is 6.18 Å². The highest BCUT2D eigenvalue weighted by atomic mass is 19.4. The van der Waals surface area contributed by atoms with Crippen molar-refractivity contribution < 1.29 is 13.2 Å². The number of halogens is 3. The monoisotopic (exact) mass is 216 g/mol. The van der Waals surface area contributed by atoms with E-state index in [-0.39, 0.29) is 11.5 Å². The Balaban J connectivity index is 3.17. The molecule has 3 heteroatoms. The van der Waals surface area contributed by atoms with Crippen molar-refractivity contribution in [1.82, 2.24) is 0 Å². The van der Waals surface area contributed by atoms with Crippen molar-refractivity contribution in [2.24, 2.45) is 0 Å². The van der Waals surface area contributed by atoms with Gasteiger partial charge in [-0.2, -0.15) is 13.2 Å². The van der Waals surface area contributed by atoms with Gasteiger partial charge in [-0.3, -0.25) is 0 Å². The number of alkyl halides is 3. The molecule has 0 bridgehead atoms. The van der Waals surface area contributed by atoms with Crippen molar-refractivity contribution in [3.63, 3.8) is 0 Å². The molecule has 1 aromatic rings. The average Bonchev–Trinajstić information content (AvgIpc) is 2.15. The maximum atomic E-state index is 12.6. The highest BCUT2D eigenvalue weighted by Gasteiger charge is 2.32. The van der Waals surface area contributed by atoms with E-state index in [1.54, 1.807) is 12.1 Å². The van der Waals surface area contributed by atoms with Crippen LogP contribution in [-0.4, -0.2) is 0 Å². The molecule has 0 saturated heterocycles. The maximum Gasteiger partial charge on any atom is 0.416 e. The van der Waals surface area contributed by atoms with Gasteiger partial charge in [0.1, 0.15) is 0 Å². The molecule has 0 aromatic heterocycles. The van der Waals surface area contributed by atoms with Crippen LogP contribution >= 0.6 is 0 Å². The molecule has 15 heavy (non-hydrogen) atoms. The molecular formula is C12H15F3. The van der Waals surface area contributed by atoms with Crippen LogP contribution in [0.1, 0.15) is 42.9 Å². The second-order valence-corrected chi connectivity index (χ2v) is 3.88. The summed E-state index contributed by atoms with van der Waals surface area (Å²) >= 11 is 0. The number of aryl methyl sites for hydroxylation is 1. The first-order chi connectivity index (χ1) is 6.86. The smallest absolute Gasteiger partial charge is 0.166 e. The normalized spacial score (nSPS) is 14.0. The van der Waals surface area contributed by atoms with Gasteiger partial charge in [-0.1, -0.05) is 26.0 Å². The van der Waals surface area contributed by atoms with E-state index in [1.165, 1.54) is 13.0 Å². The first-order valence-electron chi connectivity index (χ1n) is 5.04. The van der Waals surface area contributed by atoms with Crippen LogP contribution in [0.15, 0.2) is 18.2 Å². The molecule has 0 spiro atoms. The zero-order valence-electron chi connectivity index (χ0n) is 9.15. The van der Waals surface area contributed by atoms with Crippen LogP contribution in [0.3, 0.4) is 0 Å². The Kier molecular flexibility index (Phi) is 3.42. The van der Waals surface area contributed by atoms with Crippen LogP contribution in [0.4, 0.5) is 13.2 Å². The Labute approximate surface area is 88.1 Å². The fourth-order valence-electron chi connectivity index (χ4n) is 1.49. The van der Waals surface area contributed by atoms with Crippen molar-refractivity contribution in [3.05, 3.63) is 34.9 Å². The van der Waals surface area contributed by atoms with Gasteiger partial charge < -0.3 is 0 Å². The van der Waals surface area contributed by atoms with E-state index < -0.39 is 11.7 Å². The van der Waals surface area contributed by atoms with Gasteiger partial charge >= 0.3 is 6.18 Å². The lowest BCUT2D eigenvalue weighted by molar-refractivity contribution is -0.138. The van der Waals surface area contributed by atoms with Crippen molar-refractivity contribution in [2.45, 2.75) is 39.3 Å². The molecule has 84 valence electrons. The van der Waals surface area contributed by atoms with E-state index in [2.05, 4.69) is 0 Å². The highest BCUT2D eigenvalue weighted by molar-refractivity contribution is 5.34. The molecule has 0 aliphatic carbocycles. The summed E-state index contributed by atoms with van der Waals surface area (Å²) in [6, 6.07) is 4.59. The molecule has 0 aliphatic heterocycles. The summed E-state index contributed by atoms with van der Waals surface area (Å²) in [4.78, 5) is 0. The van der Waals surface area contributed by atoms with Crippen molar-refractivity contribution >= 4 is 0 Å². The van der Waals surface area contributed by atoms with E-state index >= 15 is 0 Å². The van der Waals surface area contributed by atoms with Gasteiger partial charge in [0, 0.05) is 0 Å². The fraction of sp³-hybridized carbons (Fsp3) is 0.500. The summed E-state index contributed by atoms with van der Waals surface area (Å²) in [5, 5.41) is 0. The van der Waals surface area contributed by atoms with Gasteiger partial charge in [0.05, 0.1) is 5.56 Å². The van der Waals surface area contributed by atoms with Crippen molar-refractivity contribution in [1.29, 1.82) is 0 Å². The minimum atomic E-state index is -4.24. The van der Waals surface area contributed by atoms with E-state index in [9.17, 15) is 13.2 Å². The molecule has 0 fully saturated rings. The molecular weight excluding hydrogens is 201 g/mol. The summed E-state index contributed by atoms with van der Waals surface area (Å²) in [5.74, 6) is 0.173. The van der Waals surface area contributed by atoms with Crippen LogP contribution < -0.4 is 0 Å². The maximum absolute atomic E-state index is 12.6. The number of benzene rings is 1. The third-order valence-electron chi connectivity index (χ3n) is 2.75. The predicted octanol–water partition coefficient (Wildman–Crippen LogP) is 4.53. The van der Waals surface area contributed by atoms with E-state index in [4.69, 9.17) is 0 Å². The van der Waals surface area contributed by atoms with Crippen LogP contribution in [0.2, 0.25) is 0 Å². The minimum absolute atomic E-state index is 0.173. The molecule has 1 rings (SSSR count). The van der Waals surface area contributed by atoms with Gasteiger partial charge in [-0.15, -0.1) is 0 Å². The first-order valence-corrected chi connectivity index (χ1v) is 5.04. The average molecular weight is 216 g/mol. The van der Waals surface area contributed by atoms with Gasteiger partial charge in [0.2, 0.25) is 0 Å². The Morgan fingerprint density at radius 2 is 1.87 bits per heavy atom. The molecule has 0 radical (unpaired) electrons.